The highest BCUT2D eigenvalue weighted by Crippen LogP contribution is 2.26. The van der Waals surface area contributed by atoms with E-state index in [0.717, 1.165) is 4.31 Å². The van der Waals surface area contributed by atoms with Gasteiger partial charge >= 0.3 is 0 Å². The zero-order chi connectivity index (χ0) is 15.6. The van der Waals surface area contributed by atoms with Gasteiger partial charge in [-0.3, -0.25) is 14.4 Å². The Kier molecular flexibility index (Phi) is 4.15. The normalized spacial score (nSPS) is 11.1. The largest absolute Gasteiger partial charge is 0.271 e. The molecule has 8 heteroatoms. The summed E-state index contributed by atoms with van der Waals surface area (Å²) in [5.74, 6) is 0. The van der Waals surface area contributed by atoms with Gasteiger partial charge in [-0.05, 0) is 30.3 Å². The molecule has 110 valence electrons. The lowest BCUT2D eigenvalue weighted by molar-refractivity contribution is -0.384. The first-order valence-electron chi connectivity index (χ1n) is 5.81. The molecule has 0 N–H and O–H groups in total. The fraction of sp³-hybridized carbons (Fsp3) is 0.0769. The van der Waals surface area contributed by atoms with Gasteiger partial charge in [0.15, 0.2) is 0 Å². The van der Waals surface area contributed by atoms with E-state index < -0.39 is 14.9 Å². The number of sulfonamides is 1. The molecule has 0 aliphatic rings. The first-order chi connectivity index (χ1) is 9.82. The van der Waals surface area contributed by atoms with Crippen LogP contribution >= 0.6 is 11.6 Å². The van der Waals surface area contributed by atoms with E-state index in [1.165, 1.54) is 55.6 Å². The molecule has 0 saturated heterocycles. The Morgan fingerprint density at radius 2 is 1.76 bits per heavy atom. The molecule has 0 atom stereocenters. The lowest BCUT2D eigenvalue weighted by Gasteiger charge is -2.19. The molecule has 0 saturated carbocycles. The third-order valence-corrected chi connectivity index (χ3v) is 4.93. The molecule has 6 nitrogen and oxygen atoms in total. The van der Waals surface area contributed by atoms with Gasteiger partial charge in [-0.2, -0.15) is 0 Å². The van der Waals surface area contributed by atoms with Crippen molar-refractivity contribution in [2.45, 2.75) is 4.90 Å². The van der Waals surface area contributed by atoms with E-state index in [4.69, 9.17) is 11.6 Å². The minimum atomic E-state index is -3.80. The van der Waals surface area contributed by atoms with Crippen molar-refractivity contribution >= 4 is 33.0 Å². The Bertz CT molecular complexity index is 775. The molecule has 2 aromatic rings. The Morgan fingerprint density at radius 1 is 1.14 bits per heavy atom. The van der Waals surface area contributed by atoms with Crippen LogP contribution in [0.2, 0.25) is 5.02 Å². The lowest BCUT2D eigenvalue weighted by atomic mass is 10.3. The third kappa shape index (κ3) is 3.14. The van der Waals surface area contributed by atoms with Gasteiger partial charge in [0.1, 0.15) is 0 Å². The fourth-order valence-electron chi connectivity index (χ4n) is 1.71. The molecule has 21 heavy (non-hydrogen) atoms. The molecule has 0 spiro atoms. The first kappa shape index (κ1) is 15.3. The molecule has 0 aliphatic carbocycles. The summed E-state index contributed by atoms with van der Waals surface area (Å²) in [6.45, 7) is 0. The number of hydrogen-bond donors (Lipinski definition) is 0. The minimum Gasteiger partial charge on any atom is -0.269 e. The van der Waals surface area contributed by atoms with Crippen molar-refractivity contribution in [1.29, 1.82) is 0 Å². The van der Waals surface area contributed by atoms with Gasteiger partial charge in [0.2, 0.25) is 0 Å². The standard InChI is InChI=1S/C13H11ClN2O4S/c1-15(11-3-2-4-12(9-11)16(17)18)21(19,20)13-7-5-10(14)6-8-13/h2-9H,1H3. The Morgan fingerprint density at radius 3 is 2.33 bits per heavy atom. The van der Waals surface area contributed by atoms with Gasteiger partial charge in [0, 0.05) is 24.2 Å². The molecule has 0 radical (unpaired) electrons. The van der Waals surface area contributed by atoms with Crippen LogP contribution in [0.3, 0.4) is 0 Å². The van der Waals surface area contributed by atoms with E-state index in [9.17, 15) is 18.5 Å². The Balaban J connectivity index is 2.43. The number of nitrogens with zero attached hydrogens (tertiary/aromatic N) is 2. The maximum Gasteiger partial charge on any atom is 0.271 e. The van der Waals surface area contributed by atoms with Gasteiger partial charge in [-0.1, -0.05) is 17.7 Å². The number of nitro groups is 1. The molecule has 0 aliphatic heterocycles. The molecule has 0 amide bonds. The van der Waals surface area contributed by atoms with Crippen LogP contribution in [0.25, 0.3) is 0 Å². The maximum atomic E-state index is 12.4. The molecule has 2 rings (SSSR count). The minimum absolute atomic E-state index is 0.0564. The number of benzene rings is 2. The van der Waals surface area contributed by atoms with Crippen LogP contribution < -0.4 is 4.31 Å². The molecule has 0 aromatic heterocycles. The molecular weight excluding hydrogens is 316 g/mol. The predicted octanol–water partition coefficient (Wildman–Crippen LogP) is 3.07. The highest BCUT2D eigenvalue weighted by Gasteiger charge is 2.22. The van der Waals surface area contributed by atoms with Crippen molar-refractivity contribution in [3.8, 4) is 0 Å². The molecule has 2 aromatic carbocycles. The number of halogens is 1. The number of anilines is 1. The van der Waals surface area contributed by atoms with Crippen LogP contribution in [-0.2, 0) is 10.0 Å². The lowest BCUT2D eigenvalue weighted by Crippen LogP contribution is -2.26. The molecule has 0 unspecified atom stereocenters. The van der Waals surface area contributed by atoms with Crippen LogP contribution in [0.1, 0.15) is 0 Å². The molecular formula is C13H11ClN2O4S. The fourth-order valence-corrected chi connectivity index (χ4v) is 3.02. The summed E-state index contributed by atoms with van der Waals surface area (Å²) >= 11 is 5.73. The highest BCUT2D eigenvalue weighted by molar-refractivity contribution is 7.92. The van der Waals surface area contributed by atoms with Gasteiger partial charge < -0.3 is 0 Å². The second kappa shape index (κ2) is 5.71. The van der Waals surface area contributed by atoms with Gasteiger partial charge in [-0.25, -0.2) is 8.42 Å². The van der Waals surface area contributed by atoms with E-state index in [-0.39, 0.29) is 16.3 Å². The van der Waals surface area contributed by atoms with Gasteiger partial charge in [0.05, 0.1) is 15.5 Å². The molecule has 0 fully saturated rings. The average Bonchev–Trinajstić information content (AvgIpc) is 2.47. The van der Waals surface area contributed by atoms with Gasteiger partial charge in [-0.15, -0.1) is 0 Å². The molecule has 0 bridgehead atoms. The summed E-state index contributed by atoms with van der Waals surface area (Å²) in [5, 5.41) is 11.2. The van der Waals surface area contributed by atoms with Crippen molar-refractivity contribution in [2.24, 2.45) is 0 Å². The van der Waals surface area contributed by atoms with Gasteiger partial charge in [0.25, 0.3) is 15.7 Å². The van der Waals surface area contributed by atoms with Crippen molar-refractivity contribution in [3.63, 3.8) is 0 Å². The number of hydrogen-bond acceptors (Lipinski definition) is 4. The number of nitro benzene ring substituents is 1. The van der Waals surface area contributed by atoms with Crippen molar-refractivity contribution in [3.05, 3.63) is 63.7 Å². The summed E-state index contributed by atoms with van der Waals surface area (Å²) in [5.41, 5.74) is 0.0322. The van der Waals surface area contributed by atoms with E-state index in [0.29, 0.717) is 5.02 Å². The second-order valence-electron chi connectivity index (χ2n) is 4.20. The quantitative estimate of drug-likeness (QED) is 0.638. The Hall–Kier alpha value is -2.12. The zero-order valence-corrected chi connectivity index (χ0v) is 12.5. The number of rotatable bonds is 4. The summed E-state index contributed by atoms with van der Waals surface area (Å²) in [4.78, 5) is 10.2. The van der Waals surface area contributed by atoms with E-state index in [2.05, 4.69) is 0 Å². The van der Waals surface area contributed by atoms with Crippen molar-refractivity contribution < 1.29 is 13.3 Å². The maximum absolute atomic E-state index is 12.4. The average molecular weight is 327 g/mol. The summed E-state index contributed by atoms with van der Waals surface area (Å²) in [6.07, 6.45) is 0. The Labute approximate surface area is 126 Å². The van der Waals surface area contributed by atoms with Crippen LogP contribution in [-0.4, -0.2) is 20.4 Å². The smallest absolute Gasteiger partial charge is 0.269 e. The highest BCUT2D eigenvalue weighted by atomic mass is 35.5. The third-order valence-electron chi connectivity index (χ3n) is 2.88. The summed E-state index contributed by atoms with van der Waals surface area (Å²) < 4.78 is 25.9. The van der Waals surface area contributed by atoms with Crippen molar-refractivity contribution in [1.82, 2.24) is 0 Å². The monoisotopic (exact) mass is 326 g/mol. The number of non-ortho nitro benzene ring substituents is 1. The summed E-state index contributed by atoms with van der Waals surface area (Å²) in [6, 6.07) is 11.1. The zero-order valence-electron chi connectivity index (χ0n) is 10.9. The first-order valence-corrected chi connectivity index (χ1v) is 7.63. The van der Waals surface area contributed by atoms with Crippen LogP contribution in [0, 0.1) is 10.1 Å². The second-order valence-corrected chi connectivity index (χ2v) is 6.61. The van der Waals surface area contributed by atoms with E-state index >= 15 is 0 Å². The summed E-state index contributed by atoms with van der Waals surface area (Å²) in [7, 11) is -2.46. The predicted molar refractivity (Wildman–Crippen MR) is 80.1 cm³/mol. The van der Waals surface area contributed by atoms with Crippen molar-refractivity contribution in [2.75, 3.05) is 11.4 Å². The van der Waals surface area contributed by atoms with Crippen LogP contribution in [0.4, 0.5) is 11.4 Å². The van der Waals surface area contributed by atoms with E-state index in [1.807, 2.05) is 0 Å². The topological polar surface area (TPSA) is 80.5 Å². The van der Waals surface area contributed by atoms with E-state index in [1.54, 1.807) is 0 Å². The van der Waals surface area contributed by atoms with Crippen LogP contribution in [0.5, 0.6) is 0 Å². The SMILES string of the molecule is CN(c1cccc([N+](=O)[O-])c1)S(=O)(=O)c1ccc(Cl)cc1. The van der Waals surface area contributed by atoms with Crippen LogP contribution in [0.15, 0.2) is 53.4 Å². The molecule has 0 heterocycles.